The van der Waals surface area contributed by atoms with Crippen molar-refractivity contribution in [1.29, 1.82) is 0 Å². The Morgan fingerprint density at radius 2 is 1.90 bits per heavy atom. The molecule has 5 heterocycles. The zero-order valence-electron chi connectivity index (χ0n) is 27.6. The predicted molar refractivity (Wildman–Crippen MR) is 172 cm³/mol. The lowest BCUT2D eigenvalue weighted by Gasteiger charge is -2.29. The fourth-order valence-electron chi connectivity index (χ4n) is 6.68. The molecule has 0 fully saturated rings. The van der Waals surface area contributed by atoms with Crippen LogP contribution in [0.2, 0.25) is 0 Å². The van der Waals surface area contributed by atoms with Gasteiger partial charge in [-0.15, -0.1) is 0 Å². The summed E-state index contributed by atoms with van der Waals surface area (Å²) in [6, 6.07) is 11.7. The standard InChI is InChI=1S/C35H37N5O9/c1-16(2)25-32-40-26(31-36-19(14-46-31)15-47-34(44)45-5)28(49-32)35-20-8-6-7-9-22(20)38-33(35)48-24-11-10-18(12-21(24)35)13-23(29(42)39-25)37-30(43)27(41)17(3)4/h6-12,14,16-17,23,25,27,33,38,41H,13,15H2,1-5H3,(H,37,43)(H,39,42)/t23-,25-,27-,33+,35?/m0/s1. The van der Waals surface area contributed by atoms with Crippen LogP contribution in [0.3, 0.4) is 0 Å². The second-order valence-electron chi connectivity index (χ2n) is 13.1. The molecule has 4 aromatic rings. The number of hydrogen-bond donors (Lipinski definition) is 4. The number of carbonyl (C=O) groups is 3. The largest absolute Gasteiger partial charge is 0.508 e. The lowest BCUT2D eigenvalue weighted by atomic mass is 9.72. The molecule has 0 radical (unpaired) electrons. The minimum atomic E-state index is -1.30. The molecule has 3 aliphatic rings. The van der Waals surface area contributed by atoms with E-state index in [1.165, 1.54) is 13.4 Å². The molecule has 0 saturated carbocycles. The fraction of sp³-hybridized carbons (Fsp3) is 0.400. The maximum absolute atomic E-state index is 14.0. The molecule has 1 spiro atoms. The van der Waals surface area contributed by atoms with E-state index >= 15 is 0 Å². The Morgan fingerprint density at radius 3 is 2.65 bits per heavy atom. The maximum atomic E-state index is 14.0. The third kappa shape index (κ3) is 5.36. The molecule has 4 N–H and O–H groups in total. The number of aliphatic hydroxyl groups is 1. The Labute approximate surface area is 281 Å². The van der Waals surface area contributed by atoms with Gasteiger partial charge in [-0.2, -0.15) is 0 Å². The topological polar surface area (TPSA) is 187 Å². The van der Waals surface area contributed by atoms with Crippen molar-refractivity contribution in [2.24, 2.45) is 11.8 Å². The van der Waals surface area contributed by atoms with Gasteiger partial charge in [-0.3, -0.25) is 9.59 Å². The summed E-state index contributed by atoms with van der Waals surface area (Å²) >= 11 is 0. The number of anilines is 1. The van der Waals surface area contributed by atoms with E-state index in [0.717, 1.165) is 22.4 Å². The highest BCUT2D eigenvalue weighted by atomic mass is 16.7. The number of hydrogen-bond acceptors (Lipinski definition) is 12. The molecule has 3 aliphatic heterocycles. The maximum Gasteiger partial charge on any atom is 0.508 e. The van der Waals surface area contributed by atoms with Gasteiger partial charge in [0.15, 0.2) is 17.7 Å². The van der Waals surface area contributed by atoms with E-state index in [2.05, 4.69) is 25.7 Å². The summed E-state index contributed by atoms with van der Waals surface area (Å²) in [6.45, 7) is 7.08. The van der Waals surface area contributed by atoms with Crippen LogP contribution in [0.15, 0.2) is 57.6 Å². The number of aromatic nitrogens is 2. The highest BCUT2D eigenvalue weighted by Crippen LogP contribution is 2.59. The average molecular weight is 672 g/mol. The van der Waals surface area contributed by atoms with Gasteiger partial charge < -0.3 is 44.1 Å². The summed E-state index contributed by atoms with van der Waals surface area (Å²) in [5, 5.41) is 19.8. The van der Waals surface area contributed by atoms with Crippen LogP contribution in [0, 0.1) is 11.8 Å². The first-order valence-corrected chi connectivity index (χ1v) is 16.1. The monoisotopic (exact) mass is 671 g/mol. The van der Waals surface area contributed by atoms with Gasteiger partial charge in [0.2, 0.25) is 23.6 Å². The van der Waals surface area contributed by atoms with Crippen LogP contribution in [0.5, 0.6) is 5.75 Å². The van der Waals surface area contributed by atoms with E-state index < -0.39 is 47.8 Å². The second kappa shape index (κ2) is 12.3. The van der Waals surface area contributed by atoms with Crippen LogP contribution in [0.4, 0.5) is 10.5 Å². The van der Waals surface area contributed by atoms with Gasteiger partial charge in [-0.25, -0.2) is 14.8 Å². The number of methoxy groups -OCH3 is 1. The second-order valence-corrected chi connectivity index (χ2v) is 13.1. The molecule has 2 aromatic heterocycles. The molecule has 4 bridgehead atoms. The first-order valence-electron chi connectivity index (χ1n) is 16.1. The Morgan fingerprint density at radius 1 is 1.10 bits per heavy atom. The fourth-order valence-corrected chi connectivity index (χ4v) is 6.68. The van der Waals surface area contributed by atoms with Crippen LogP contribution in [-0.2, 0) is 37.5 Å². The molecule has 5 atom stereocenters. The van der Waals surface area contributed by atoms with Gasteiger partial charge in [0.1, 0.15) is 47.9 Å². The average Bonchev–Trinajstić information content (AvgIpc) is 3.86. The third-order valence-electron chi connectivity index (χ3n) is 9.21. The van der Waals surface area contributed by atoms with Crippen LogP contribution in [0.1, 0.15) is 67.8 Å². The molecule has 2 amide bonds. The quantitative estimate of drug-likeness (QED) is 0.208. The number of nitrogens with zero attached hydrogens (tertiary/aromatic N) is 2. The zero-order valence-corrected chi connectivity index (χ0v) is 27.6. The minimum Gasteiger partial charge on any atom is -0.469 e. The molecule has 2 aromatic carbocycles. The van der Waals surface area contributed by atoms with Crippen molar-refractivity contribution < 1.29 is 42.5 Å². The molecule has 0 aliphatic carbocycles. The van der Waals surface area contributed by atoms with E-state index in [1.807, 2.05) is 56.3 Å². The minimum absolute atomic E-state index is 0.104. The summed E-state index contributed by atoms with van der Waals surface area (Å²) in [5.41, 5.74) is 2.70. The molecule has 14 nitrogen and oxygen atoms in total. The van der Waals surface area contributed by atoms with Crippen molar-refractivity contribution >= 4 is 23.7 Å². The number of oxazole rings is 2. The van der Waals surface area contributed by atoms with Crippen molar-refractivity contribution in [3.63, 3.8) is 0 Å². The van der Waals surface area contributed by atoms with E-state index in [4.69, 9.17) is 23.3 Å². The number of nitrogens with one attached hydrogen (secondary N) is 3. The SMILES string of the molecule is COC(=O)OCc1coc(-c2nc3oc2C24c5ccccc5N[C@@H]2Oc2ccc(cc24)C[C@H](NC(=O)[C@@H](O)C(C)C)C(=O)N[C@H]3C(C)C)n1. The summed E-state index contributed by atoms with van der Waals surface area (Å²) in [5.74, 6) is -0.414. The summed E-state index contributed by atoms with van der Waals surface area (Å²) < 4.78 is 28.9. The molecule has 256 valence electrons. The first kappa shape index (κ1) is 32.2. The van der Waals surface area contributed by atoms with Crippen molar-refractivity contribution in [2.45, 2.75) is 70.6 Å². The number of carbonyl (C=O) groups excluding carboxylic acids is 3. The third-order valence-corrected chi connectivity index (χ3v) is 9.21. The van der Waals surface area contributed by atoms with E-state index in [-0.39, 0.29) is 42.3 Å². The Bertz CT molecular complexity index is 1930. The molecule has 49 heavy (non-hydrogen) atoms. The molecule has 14 heteroatoms. The first-order chi connectivity index (χ1) is 23.5. The number of fused-ring (bicyclic) bond motifs is 4. The molecular weight excluding hydrogens is 634 g/mol. The van der Waals surface area contributed by atoms with E-state index in [0.29, 0.717) is 17.2 Å². The Hall–Kier alpha value is -5.37. The highest BCUT2D eigenvalue weighted by molar-refractivity contribution is 5.90. The van der Waals surface area contributed by atoms with Crippen LogP contribution >= 0.6 is 0 Å². The zero-order chi connectivity index (χ0) is 34.6. The number of benzene rings is 2. The van der Waals surface area contributed by atoms with Gasteiger partial charge in [0.25, 0.3) is 0 Å². The summed E-state index contributed by atoms with van der Waals surface area (Å²) in [6.07, 6.45) is -1.32. The van der Waals surface area contributed by atoms with Crippen LogP contribution < -0.4 is 20.7 Å². The molecule has 0 saturated heterocycles. The summed E-state index contributed by atoms with van der Waals surface area (Å²) in [4.78, 5) is 48.2. The molecular formula is C35H37N5O9. The number of rotatable bonds is 7. The number of ether oxygens (including phenoxy) is 3. The van der Waals surface area contributed by atoms with Gasteiger partial charge in [0.05, 0.1) is 7.11 Å². The van der Waals surface area contributed by atoms with Gasteiger partial charge in [0, 0.05) is 17.7 Å². The van der Waals surface area contributed by atoms with E-state index in [1.54, 1.807) is 13.8 Å². The molecule has 7 rings (SSSR count). The van der Waals surface area contributed by atoms with Crippen LogP contribution in [0.25, 0.3) is 11.6 Å². The lowest BCUT2D eigenvalue weighted by molar-refractivity contribution is -0.135. The van der Waals surface area contributed by atoms with Crippen molar-refractivity contribution in [3.05, 3.63) is 82.8 Å². The Kier molecular flexibility index (Phi) is 8.05. The van der Waals surface area contributed by atoms with Crippen molar-refractivity contribution in [1.82, 2.24) is 20.6 Å². The van der Waals surface area contributed by atoms with Gasteiger partial charge >= 0.3 is 6.16 Å². The number of aliphatic hydroxyl groups excluding tert-OH is 1. The smallest absolute Gasteiger partial charge is 0.469 e. The predicted octanol–water partition coefficient (Wildman–Crippen LogP) is 3.96. The lowest BCUT2D eigenvalue weighted by Crippen LogP contribution is -2.52. The van der Waals surface area contributed by atoms with Gasteiger partial charge in [-0.05, 0) is 35.1 Å². The highest BCUT2D eigenvalue weighted by Gasteiger charge is 2.61. The number of amides is 2. The summed E-state index contributed by atoms with van der Waals surface area (Å²) in [7, 11) is 1.21. The van der Waals surface area contributed by atoms with Crippen molar-refractivity contribution in [3.8, 4) is 17.3 Å². The normalized spacial score (nSPS) is 22.5. The molecule has 1 unspecified atom stereocenters. The van der Waals surface area contributed by atoms with Crippen LogP contribution in [-0.4, -0.2) is 58.5 Å². The Balaban J connectivity index is 1.43. The van der Waals surface area contributed by atoms with Crippen molar-refractivity contribution in [2.75, 3.05) is 12.4 Å². The number of para-hydroxylation sites is 1. The van der Waals surface area contributed by atoms with Gasteiger partial charge in [-0.1, -0.05) is 58.0 Å². The van der Waals surface area contributed by atoms with E-state index in [9.17, 15) is 19.5 Å².